The van der Waals surface area contributed by atoms with E-state index in [1.807, 2.05) is 13.8 Å². The molecule has 0 saturated carbocycles. The van der Waals surface area contributed by atoms with Crippen LogP contribution in [0.1, 0.15) is 29.1 Å². The molecule has 0 aliphatic heterocycles. The van der Waals surface area contributed by atoms with E-state index >= 15 is 0 Å². The van der Waals surface area contributed by atoms with Gasteiger partial charge in [0, 0.05) is 18.5 Å². The molecule has 20 heavy (non-hydrogen) atoms. The number of nitrogens with one attached hydrogen (secondary N) is 1. The fourth-order valence-corrected chi connectivity index (χ4v) is 2.36. The van der Waals surface area contributed by atoms with Crippen molar-refractivity contribution in [2.24, 2.45) is 5.73 Å². The Balaban J connectivity index is 2.55. The first kappa shape index (κ1) is 16.2. The van der Waals surface area contributed by atoms with E-state index in [0.717, 1.165) is 4.88 Å². The summed E-state index contributed by atoms with van der Waals surface area (Å²) in [5, 5.41) is 4.34. The maximum atomic E-state index is 11.9. The van der Waals surface area contributed by atoms with Gasteiger partial charge in [0.25, 0.3) is 5.91 Å². The first-order valence-corrected chi connectivity index (χ1v) is 7.33. The van der Waals surface area contributed by atoms with Crippen molar-refractivity contribution in [2.75, 3.05) is 26.2 Å². The molecule has 0 saturated heterocycles. The number of nitrogens with two attached hydrogens (primary N) is 1. The third kappa shape index (κ3) is 4.68. The van der Waals surface area contributed by atoms with Crippen molar-refractivity contribution in [1.29, 1.82) is 0 Å². The first-order chi connectivity index (χ1) is 9.62. The van der Waals surface area contributed by atoms with Gasteiger partial charge in [-0.25, -0.2) is 0 Å². The fourth-order valence-electron chi connectivity index (χ4n) is 1.61. The van der Waals surface area contributed by atoms with Gasteiger partial charge < -0.3 is 16.0 Å². The van der Waals surface area contributed by atoms with Gasteiger partial charge in [-0.2, -0.15) is 0 Å². The number of hydrogen-bond acceptors (Lipinski definition) is 4. The Hall–Kier alpha value is -1.84. The van der Waals surface area contributed by atoms with E-state index in [-0.39, 0.29) is 24.9 Å². The highest BCUT2D eigenvalue weighted by molar-refractivity contribution is 7.10. The van der Waals surface area contributed by atoms with E-state index in [0.29, 0.717) is 18.7 Å². The monoisotopic (exact) mass is 293 g/mol. The van der Waals surface area contributed by atoms with Crippen LogP contribution in [-0.4, -0.2) is 42.9 Å². The molecular weight excluding hydrogens is 274 g/mol. The largest absolute Gasteiger partial charge is 0.343 e. The predicted octanol–water partition coefficient (Wildman–Crippen LogP) is 0.657. The number of carbonyl (C=O) groups is 2. The summed E-state index contributed by atoms with van der Waals surface area (Å²) in [6.07, 6.45) is 0. The lowest BCUT2D eigenvalue weighted by Crippen LogP contribution is -2.39. The summed E-state index contributed by atoms with van der Waals surface area (Å²) in [7, 11) is 0. The summed E-state index contributed by atoms with van der Waals surface area (Å²) in [5.41, 5.74) is 5.81. The standard InChI is InChI=1S/C14H19N3O2S/c1-3-17(4-2)13(18)9-16-14(19)11-8-12(20-10-11)6-5-7-15/h8,10H,3-4,7,9,15H2,1-2H3,(H,16,19). The van der Waals surface area contributed by atoms with Gasteiger partial charge in [0.05, 0.1) is 23.5 Å². The van der Waals surface area contributed by atoms with Crippen LogP contribution in [0.15, 0.2) is 11.4 Å². The van der Waals surface area contributed by atoms with E-state index in [9.17, 15) is 9.59 Å². The average molecular weight is 293 g/mol. The van der Waals surface area contributed by atoms with Gasteiger partial charge >= 0.3 is 0 Å². The van der Waals surface area contributed by atoms with E-state index in [4.69, 9.17) is 5.73 Å². The summed E-state index contributed by atoms with van der Waals surface area (Å²) in [6.45, 7) is 5.40. The zero-order valence-electron chi connectivity index (χ0n) is 11.7. The Labute approximate surface area is 123 Å². The Morgan fingerprint density at radius 2 is 2.10 bits per heavy atom. The molecule has 6 heteroatoms. The Morgan fingerprint density at radius 1 is 1.40 bits per heavy atom. The Morgan fingerprint density at radius 3 is 2.70 bits per heavy atom. The molecule has 0 spiro atoms. The van der Waals surface area contributed by atoms with Crippen molar-refractivity contribution in [1.82, 2.24) is 10.2 Å². The van der Waals surface area contributed by atoms with Crippen molar-refractivity contribution in [3.05, 3.63) is 21.9 Å². The first-order valence-electron chi connectivity index (χ1n) is 6.45. The number of likely N-dealkylation sites (N-methyl/N-ethyl adjacent to an activating group) is 1. The Bertz CT molecular complexity index is 524. The molecule has 0 fully saturated rings. The van der Waals surface area contributed by atoms with E-state index in [1.54, 1.807) is 16.3 Å². The molecule has 108 valence electrons. The molecule has 0 aliphatic carbocycles. The molecule has 1 aromatic rings. The molecule has 1 rings (SSSR count). The topological polar surface area (TPSA) is 75.4 Å². The minimum atomic E-state index is -0.262. The summed E-state index contributed by atoms with van der Waals surface area (Å²) in [4.78, 5) is 26.1. The van der Waals surface area contributed by atoms with Crippen molar-refractivity contribution in [3.8, 4) is 11.8 Å². The number of thiophene rings is 1. The number of amides is 2. The molecule has 3 N–H and O–H groups in total. The molecule has 0 atom stereocenters. The van der Waals surface area contributed by atoms with E-state index < -0.39 is 0 Å². The van der Waals surface area contributed by atoms with Crippen molar-refractivity contribution in [2.45, 2.75) is 13.8 Å². The second kappa shape index (κ2) is 8.35. The lowest BCUT2D eigenvalue weighted by molar-refractivity contribution is -0.129. The minimum absolute atomic E-state index is 0.0141. The lowest BCUT2D eigenvalue weighted by atomic mass is 10.3. The zero-order valence-corrected chi connectivity index (χ0v) is 12.5. The van der Waals surface area contributed by atoms with Crippen molar-refractivity contribution in [3.63, 3.8) is 0 Å². The van der Waals surface area contributed by atoms with E-state index in [1.165, 1.54) is 11.3 Å². The smallest absolute Gasteiger partial charge is 0.252 e. The summed E-state index contributed by atoms with van der Waals surface area (Å²) < 4.78 is 0. The van der Waals surface area contributed by atoms with Crippen LogP contribution in [0, 0.1) is 11.8 Å². The SMILES string of the molecule is CCN(CC)C(=O)CNC(=O)c1csc(C#CCN)c1. The van der Waals surface area contributed by atoms with Gasteiger partial charge in [-0.05, 0) is 19.9 Å². The Kier molecular flexibility index (Phi) is 6.77. The number of hydrogen-bond donors (Lipinski definition) is 2. The number of carbonyl (C=O) groups excluding carboxylic acids is 2. The molecule has 1 aromatic heterocycles. The maximum Gasteiger partial charge on any atom is 0.252 e. The number of rotatable bonds is 5. The molecular formula is C14H19N3O2S. The highest BCUT2D eigenvalue weighted by atomic mass is 32.1. The molecule has 1 heterocycles. The molecule has 0 unspecified atom stereocenters. The summed E-state index contributed by atoms with van der Waals surface area (Å²) >= 11 is 1.38. The van der Waals surface area contributed by atoms with Crippen LogP contribution >= 0.6 is 11.3 Å². The van der Waals surface area contributed by atoms with Crippen LogP contribution < -0.4 is 11.1 Å². The van der Waals surface area contributed by atoms with Crippen molar-refractivity contribution < 1.29 is 9.59 Å². The lowest BCUT2D eigenvalue weighted by Gasteiger charge is -2.18. The quantitative estimate of drug-likeness (QED) is 0.783. The van der Waals surface area contributed by atoms with Crippen LogP contribution in [0.3, 0.4) is 0 Å². The summed E-state index contributed by atoms with van der Waals surface area (Å²) in [6, 6.07) is 1.70. The molecule has 0 aromatic carbocycles. The van der Waals surface area contributed by atoms with Crippen LogP contribution in [0.4, 0.5) is 0 Å². The maximum absolute atomic E-state index is 11.9. The normalized spacial score (nSPS) is 9.55. The van der Waals surface area contributed by atoms with Crippen molar-refractivity contribution >= 4 is 23.2 Å². The number of nitrogens with zero attached hydrogens (tertiary/aromatic N) is 1. The van der Waals surface area contributed by atoms with Gasteiger partial charge in [-0.3, -0.25) is 9.59 Å². The summed E-state index contributed by atoms with van der Waals surface area (Å²) in [5.74, 6) is 5.26. The second-order valence-corrected chi connectivity index (χ2v) is 4.87. The fraction of sp³-hybridized carbons (Fsp3) is 0.429. The van der Waals surface area contributed by atoms with Gasteiger partial charge in [-0.1, -0.05) is 11.8 Å². The molecule has 0 aliphatic rings. The average Bonchev–Trinajstić information content (AvgIpc) is 2.92. The highest BCUT2D eigenvalue weighted by Gasteiger charge is 2.13. The zero-order chi connectivity index (χ0) is 15.0. The molecule has 0 bridgehead atoms. The molecule has 2 amide bonds. The van der Waals surface area contributed by atoms with Gasteiger partial charge in [0.1, 0.15) is 0 Å². The molecule has 5 nitrogen and oxygen atoms in total. The molecule has 0 radical (unpaired) electrons. The highest BCUT2D eigenvalue weighted by Crippen LogP contribution is 2.13. The predicted molar refractivity (Wildman–Crippen MR) is 80.5 cm³/mol. The third-order valence-electron chi connectivity index (χ3n) is 2.69. The minimum Gasteiger partial charge on any atom is -0.343 e. The van der Waals surface area contributed by atoms with E-state index in [2.05, 4.69) is 17.2 Å². The van der Waals surface area contributed by atoms with Gasteiger partial charge in [0.2, 0.25) is 5.91 Å². The van der Waals surface area contributed by atoms with Gasteiger partial charge in [0.15, 0.2) is 0 Å². The van der Waals surface area contributed by atoms with Crippen LogP contribution in [0.5, 0.6) is 0 Å². The second-order valence-electron chi connectivity index (χ2n) is 3.95. The third-order valence-corrected chi connectivity index (χ3v) is 3.54. The van der Waals surface area contributed by atoms with Crippen LogP contribution in [-0.2, 0) is 4.79 Å². The van der Waals surface area contributed by atoms with Crippen LogP contribution in [0.2, 0.25) is 0 Å². The van der Waals surface area contributed by atoms with Crippen LogP contribution in [0.25, 0.3) is 0 Å². The van der Waals surface area contributed by atoms with Gasteiger partial charge in [-0.15, -0.1) is 11.3 Å².